The summed E-state index contributed by atoms with van der Waals surface area (Å²) in [6.07, 6.45) is 3.16. The summed E-state index contributed by atoms with van der Waals surface area (Å²) in [5, 5.41) is 0. The van der Waals surface area contributed by atoms with Gasteiger partial charge in [0.2, 0.25) is 0 Å². The van der Waals surface area contributed by atoms with E-state index in [2.05, 4.69) is 4.74 Å². The molecule has 1 aromatic rings. The van der Waals surface area contributed by atoms with E-state index in [9.17, 15) is 13.2 Å². The Labute approximate surface area is 123 Å². The molecular weight excluding hydrogens is 279 g/mol. The molecule has 2 nitrogen and oxygen atoms in total. The molecule has 0 saturated heterocycles. The van der Waals surface area contributed by atoms with Crippen LogP contribution in [0.3, 0.4) is 0 Å². The molecule has 1 unspecified atom stereocenters. The lowest BCUT2D eigenvalue weighted by atomic mass is 9.90. The molecule has 0 bridgehead atoms. The monoisotopic (exact) mass is 301 g/mol. The maximum atomic E-state index is 12.4. The van der Waals surface area contributed by atoms with Crippen LogP contribution < -0.4 is 10.5 Å². The number of rotatable bonds is 4. The average molecular weight is 301 g/mol. The van der Waals surface area contributed by atoms with Crippen LogP contribution in [-0.2, 0) is 0 Å². The molecule has 1 aliphatic rings. The molecular formula is C16H22F3NO. The van der Waals surface area contributed by atoms with Gasteiger partial charge in [0.1, 0.15) is 5.75 Å². The minimum absolute atomic E-state index is 0.175. The smallest absolute Gasteiger partial charge is 0.405 e. The fraction of sp³-hybridized carbons (Fsp3) is 0.625. The van der Waals surface area contributed by atoms with Crippen LogP contribution in [0.5, 0.6) is 5.75 Å². The van der Waals surface area contributed by atoms with Gasteiger partial charge in [-0.1, -0.05) is 56.7 Å². The second-order valence-electron chi connectivity index (χ2n) is 5.79. The summed E-state index contributed by atoms with van der Waals surface area (Å²) in [7, 11) is 0. The zero-order chi connectivity index (χ0) is 15.3. The van der Waals surface area contributed by atoms with Crippen LogP contribution in [0.15, 0.2) is 24.3 Å². The highest BCUT2D eigenvalue weighted by molar-refractivity contribution is 5.35. The Morgan fingerprint density at radius 1 is 1.10 bits per heavy atom. The zero-order valence-electron chi connectivity index (χ0n) is 12.0. The van der Waals surface area contributed by atoms with Crippen molar-refractivity contribution < 1.29 is 17.9 Å². The normalized spacial score (nSPS) is 19.0. The largest absolute Gasteiger partial charge is 0.573 e. The average Bonchev–Trinajstić information content (AvgIpc) is 2.66. The third kappa shape index (κ3) is 5.23. The third-order valence-corrected chi connectivity index (χ3v) is 4.11. The summed E-state index contributed by atoms with van der Waals surface area (Å²) in [6, 6.07) is 5.78. The van der Waals surface area contributed by atoms with Crippen LogP contribution >= 0.6 is 0 Å². The highest BCUT2D eigenvalue weighted by Crippen LogP contribution is 2.35. The fourth-order valence-corrected chi connectivity index (χ4v) is 3.09. The van der Waals surface area contributed by atoms with Gasteiger partial charge in [0.15, 0.2) is 0 Å². The van der Waals surface area contributed by atoms with E-state index >= 15 is 0 Å². The number of ether oxygens (including phenoxy) is 1. The minimum Gasteiger partial charge on any atom is -0.405 e. The summed E-state index contributed by atoms with van der Waals surface area (Å²) in [5.41, 5.74) is 6.59. The maximum absolute atomic E-state index is 12.4. The second kappa shape index (κ2) is 7.16. The van der Waals surface area contributed by atoms with Gasteiger partial charge < -0.3 is 10.5 Å². The Morgan fingerprint density at radius 2 is 1.71 bits per heavy atom. The molecule has 1 fully saturated rings. The summed E-state index contributed by atoms with van der Waals surface area (Å²) in [6.45, 7) is 0. The summed E-state index contributed by atoms with van der Waals surface area (Å²) in [4.78, 5) is 0. The van der Waals surface area contributed by atoms with E-state index in [1.54, 1.807) is 12.1 Å². The van der Waals surface area contributed by atoms with Crippen molar-refractivity contribution in [3.8, 4) is 5.75 Å². The van der Waals surface area contributed by atoms with Crippen LogP contribution in [0, 0.1) is 5.92 Å². The maximum Gasteiger partial charge on any atom is 0.573 e. The molecule has 0 aliphatic heterocycles. The van der Waals surface area contributed by atoms with E-state index in [-0.39, 0.29) is 5.75 Å². The van der Waals surface area contributed by atoms with E-state index in [1.165, 1.54) is 37.8 Å². The van der Waals surface area contributed by atoms with Crippen LogP contribution in [0.1, 0.15) is 56.6 Å². The molecule has 2 N–H and O–H groups in total. The van der Waals surface area contributed by atoms with Gasteiger partial charge in [0.25, 0.3) is 0 Å². The van der Waals surface area contributed by atoms with Crippen molar-refractivity contribution in [1.29, 1.82) is 0 Å². The Kier molecular flexibility index (Phi) is 5.51. The Balaban J connectivity index is 2.05. The molecule has 1 saturated carbocycles. The molecule has 1 aromatic carbocycles. The number of benzene rings is 1. The summed E-state index contributed by atoms with van der Waals surface area (Å²) in [5.74, 6) is 0.326. The highest BCUT2D eigenvalue weighted by atomic mass is 19.4. The second-order valence-corrected chi connectivity index (χ2v) is 5.79. The zero-order valence-corrected chi connectivity index (χ0v) is 12.0. The number of hydrogen-bond acceptors (Lipinski definition) is 2. The Morgan fingerprint density at radius 3 is 2.33 bits per heavy atom. The van der Waals surface area contributed by atoms with Crippen molar-refractivity contribution in [2.24, 2.45) is 11.7 Å². The summed E-state index contributed by atoms with van der Waals surface area (Å²) < 4.78 is 41.4. The first kappa shape index (κ1) is 16.1. The quantitative estimate of drug-likeness (QED) is 0.799. The van der Waals surface area contributed by atoms with Gasteiger partial charge in [-0.3, -0.25) is 0 Å². The minimum atomic E-state index is -4.68. The molecule has 5 heteroatoms. The van der Waals surface area contributed by atoms with Crippen molar-refractivity contribution in [2.75, 3.05) is 0 Å². The molecule has 0 spiro atoms. The van der Waals surface area contributed by atoms with E-state index < -0.39 is 12.4 Å². The van der Waals surface area contributed by atoms with Gasteiger partial charge in [-0.25, -0.2) is 0 Å². The first-order chi connectivity index (χ1) is 9.96. The van der Waals surface area contributed by atoms with Crippen molar-refractivity contribution in [1.82, 2.24) is 0 Å². The van der Waals surface area contributed by atoms with Crippen molar-refractivity contribution in [3.63, 3.8) is 0 Å². The van der Waals surface area contributed by atoms with E-state index in [1.807, 2.05) is 0 Å². The predicted molar refractivity (Wildman–Crippen MR) is 75.9 cm³/mol. The van der Waals surface area contributed by atoms with E-state index in [0.29, 0.717) is 11.5 Å². The van der Waals surface area contributed by atoms with E-state index in [4.69, 9.17) is 5.73 Å². The van der Waals surface area contributed by atoms with Crippen molar-refractivity contribution in [2.45, 2.75) is 57.3 Å². The van der Waals surface area contributed by atoms with E-state index in [0.717, 1.165) is 19.3 Å². The molecule has 0 radical (unpaired) electrons. The molecule has 118 valence electrons. The SMILES string of the molecule is NC(CC1CCCCCC1)c1ccccc1OC(F)(F)F. The Bertz CT molecular complexity index is 439. The van der Waals surface area contributed by atoms with Crippen LogP contribution in [0.4, 0.5) is 13.2 Å². The molecule has 21 heavy (non-hydrogen) atoms. The lowest BCUT2D eigenvalue weighted by Gasteiger charge is -2.22. The third-order valence-electron chi connectivity index (χ3n) is 4.11. The van der Waals surface area contributed by atoms with Gasteiger partial charge >= 0.3 is 6.36 Å². The lowest BCUT2D eigenvalue weighted by Crippen LogP contribution is -2.21. The predicted octanol–water partition coefficient (Wildman–Crippen LogP) is 4.95. The van der Waals surface area contributed by atoms with Gasteiger partial charge in [0, 0.05) is 11.6 Å². The molecule has 0 aromatic heterocycles. The van der Waals surface area contributed by atoms with Gasteiger partial charge in [-0.2, -0.15) is 0 Å². The molecule has 0 heterocycles. The van der Waals surface area contributed by atoms with Crippen LogP contribution in [0.25, 0.3) is 0 Å². The first-order valence-electron chi connectivity index (χ1n) is 7.56. The molecule has 0 amide bonds. The molecule has 2 rings (SSSR count). The number of nitrogens with two attached hydrogens (primary N) is 1. The number of alkyl halides is 3. The molecule has 1 aliphatic carbocycles. The Hall–Kier alpha value is -1.23. The number of halogens is 3. The fourth-order valence-electron chi connectivity index (χ4n) is 3.09. The lowest BCUT2D eigenvalue weighted by molar-refractivity contribution is -0.275. The van der Waals surface area contributed by atoms with Crippen molar-refractivity contribution >= 4 is 0 Å². The van der Waals surface area contributed by atoms with Gasteiger partial charge in [-0.15, -0.1) is 13.2 Å². The first-order valence-corrected chi connectivity index (χ1v) is 7.56. The van der Waals surface area contributed by atoms with Gasteiger partial charge in [0.05, 0.1) is 0 Å². The topological polar surface area (TPSA) is 35.2 Å². The van der Waals surface area contributed by atoms with Crippen LogP contribution in [-0.4, -0.2) is 6.36 Å². The van der Waals surface area contributed by atoms with Gasteiger partial charge in [-0.05, 0) is 18.4 Å². The highest BCUT2D eigenvalue weighted by Gasteiger charge is 2.32. The molecule has 1 atom stereocenters. The number of hydrogen-bond donors (Lipinski definition) is 1. The standard InChI is InChI=1S/C16H22F3NO/c17-16(18,19)21-15-10-6-5-9-13(15)14(20)11-12-7-3-1-2-4-8-12/h5-6,9-10,12,14H,1-4,7-8,11,20H2. The number of para-hydroxylation sites is 1. The van der Waals surface area contributed by atoms with Crippen LogP contribution in [0.2, 0.25) is 0 Å². The summed E-state index contributed by atoms with van der Waals surface area (Å²) >= 11 is 0. The van der Waals surface area contributed by atoms with Crippen molar-refractivity contribution in [3.05, 3.63) is 29.8 Å².